The third-order valence-electron chi connectivity index (χ3n) is 6.89. The molecule has 10 N–H and O–H groups in total. The van der Waals surface area contributed by atoms with Crippen molar-refractivity contribution in [1.29, 1.82) is 0 Å². The maximum Gasteiger partial charge on any atom is 0.443 e. The van der Waals surface area contributed by atoms with Crippen LogP contribution >= 0.6 is 26.5 Å². The number of aliphatic hydroxyl groups is 4. The molecule has 3 aromatic rings. The molecule has 5 rings (SSSR count). The number of nitrogens with two attached hydrogens (primary N) is 2. The lowest BCUT2D eigenvalue weighted by Crippen LogP contribution is -2.35. The molecule has 3 aromatic heterocycles. The summed E-state index contributed by atoms with van der Waals surface area (Å²) in [6.45, 7) is -2.56. The SMILES string of the molecule is NC(=O)c1csc([C@@H]2O[C@H](COP(=O)(O)C(F)(F)P(=O)(O)OC[C@H]3O[C@@H](n4cnc5c(N)ncnc54)C(O)[C@H]3O)[C@H](O)C2O)n1. The van der Waals surface area contributed by atoms with Crippen LogP contribution in [-0.2, 0) is 27.7 Å². The summed E-state index contributed by atoms with van der Waals surface area (Å²) in [5, 5.41) is 37.1. The van der Waals surface area contributed by atoms with Crippen LogP contribution in [0.3, 0.4) is 0 Å². The van der Waals surface area contributed by atoms with Crippen LogP contribution in [-0.4, -0.2) is 116 Å². The Bertz CT molecular complexity index is 1680. The number of aliphatic hydroxyl groups excluding tert-OH is 4. The Balaban J connectivity index is 1.22. The fourth-order valence-corrected chi connectivity index (χ4v) is 7.95. The van der Waals surface area contributed by atoms with Crippen LogP contribution in [0, 0.1) is 0 Å². The molecule has 0 spiro atoms. The van der Waals surface area contributed by atoms with Gasteiger partial charge in [-0.2, -0.15) is 8.78 Å². The number of primary amides is 1. The fraction of sp³-hybridized carbons (Fsp3) is 0.550. The van der Waals surface area contributed by atoms with Crippen molar-refractivity contribution in [2.24, 2.45) is 5.73 Å². The standard InChI is InChI=1S/C20H25F2N7O13P2S/c21-20(22,43(35,36)39-1-7-10(30)12(32)14(41-7)18-28-6(3-45-18)16(24)34)44(37,38)40-2-8-11(31)13(33)19(42-8)29-5-27-9-15(23)25-4-26-17(9)29/h3-5,7-8,10-14,19,30-33H,1-2H2,(H2,24,34)(H,35,36)(H,37,38)(H2,23,25,26)/t7-,8-,10+,11+,12?,13?,14-,19-/m1/s1. The van der Waals surface area contributed by atoms with E-state index in [4.69, 9.17) is 20.9 Å². The predicted molar refractivity (Wildman–Crippen MR) is 142 cm³/mol. The summed E-state index contributed by atoms with van der Waals surface area (Å²) in [7, 11) is -12.8. The number of nitrogen functional groups attached to an aromatic ring is 1. The first kappa shape index (κ1) is 33.7. The Kier molecular flexibility index (Phi) is 9.14. The van der Waals surface area contributed by atoms with E-state index < -0.39 is 88.7 Å². The van der Waals surface area contributed by atoms with Gasteiger partial charge in [-0.05, 0) is 0 Å². The zero-order chi connectivity index (χ0) is 33.1. The highest BCUT2D eigenvalue weighted by molar-refractivity contribution is 7.72. The Morgan fingerprint density at radius 3 is 2.20 bits per heavy atom. The number of rotatable bonds is 11. The van der Waals surface area contributed by atoms with Crippen LogP contribution in [0.5, 0.6) is 0 Å². The van der Waals surface area contributed by atoms with Gasteiger partial charge in [0.05, 0.1) is 19.5 Å². The Labute approximate surface area is 253 Å². The molecule has 1 amide bonds. The van der Waals surface area contributed by atoms with Crippen molar-refractivity contribution in [3.8, 4) is 0 Å². The predicted octanol–water partition coefficient (Wildman–Crippen LogP) is -1.60. The number of thiazole rings is 1. The van der Waals surface area contributed by atoms with Gasteiger partial charge in [-0.3, -0.25) is 18.5 Å². The lowest BCUT2D eigenvalue weighted by Gasteiger charge is -2.27. The molecule has 0 aromatic carbocycles. The molecular formula is C20H25F2N7O13P2S. The number of nitrogens with zero attached hydrogens (tertiary/aromatic N) is 5. The minimum atomic E-state index is -6.40. The van der Waals surface area contributed by atoms with E-state index in [1.54, 1.807) is 0 Å². The molecule has 2 aliphatic heterocycles. The summed E-state index contributed by atoms with van der Waals surface area (Å²) < 4.78 is 75.5. The lowest BCUT2D eigenvalue weighted by atomic mass is 10.1. The quantitative estimate of drug-likeness (QED) is 0.104. The summed E-state index contributed by atoms with van der Waals surface area (Å²) in [5.41, 5.74) is 10.8. The summed E-state index contributed by atoms with van der Waals surface area (Å²) in [5.74, 6) is -0.920. The number of aromatic nitrogens is 5. The number of hydrogen-bond donors (Lipinski definition) is 8. The lowest BCUT2D eigenvalue weighted by molar-refractivity contribution is -0.0513. The van der Waals surface area contributed by atoms with Crippen molar-refractivity contribution in [2.75, 3.05) is 18.9 Å². The second kappa shape index (κ2) is 12.2. The van der Waals surface area contributed by atoms with E-state index in [1.165, 1.54) is 5.38 Å². The van der Waals surface area contributed by atoms with Crippen molar-refractivity contribution in [3.63, 3.8) is 0 Å². The number of hydrogen-bond acceptors (Lipinski definition) is 17. The molecule has 2 saturated heterocycles. The van der Waals surface area contributed by atoms with Gasteiger partial charge in [0.1, 0.15) is 65.3 Å². The number of alkyl halides is 2. The van der Waals surface area contributed by atoms with Crippen LogP contribution in [0.4, 0.5) is 14.6 Å². The van der Waals surface area contributed by atoms with Crippen LogP contribution in [0.2, 0.25) is 0 Å². The zero-order valence-corrected chi connectivity index (χ0v) is 24.9. The summed E-state index contributed by atoms with van der Waals surface area (Å²) in [6.07, 6.45) is -11.3. The first-order valence-electron chi connectivity index (χ1n) is 12.5. The van der Waals surface area contributed by atoms with E-state index in [1.807, 2.05) is 0 Å². The molecule has 0 saturated carbocycles. The van der Waals surface area contributed by atoms with Crippen molar-refractivity contribution >= 4 is 49.4 Å². The molecule has 2 aliphatic rings. The topological polar surface area (TPSA) is 318 Å². The van der Waals surface area contributed by atoms with Gasteiger partial charge in [-0.15, -0.1) is 11.3 Å². The summed E-state index contributed by atoms with van der Waals surface area (Å²) in [6, 6.07) is 0. The van der Waals surface area contributed by atoms with Crippen LogP contribution in [0.1, 0.15) is 27.8 Å². The van der Waals surface area contributed by atoms with Gasteiger partial charge in [0.15, 0.2) is 17.7 Å². The van der Waals surface area contributed by atoms with Gasteiger partial charge in [0.2, 0.25) is 0 Å². The number of amides is 1. The molecule has 0 bridgehead atoms. The monoisotopic (exact) mass is 703 g/mol. The average Bonchev–Trinajstić information content (AvgIpc) is 3.75. The second-order valence-electron chi connectivity index (χ2n) is 9.78. The van der Waals surface area contributed by atoms with E-state index in [0.29, 0.717) is 0 Å². The number of imidazole rings is 1. The number of halogens is 2. The number of fused-ring (bicyclic) bond motifs is 1. The molecule has 10 atom stereocenters. The molecule has 45 heavy (non-hydrogen) atoms. The van der Waals surface area contributed by atoms with Crippen molar-refractivity contribution in [1.82, 2.24) is 24.5 Å². The van der Waals surface area contributed by atoms with E-state index in [2.05, 4.69) is 29.0 Å². The Hall–Kier alpha value is -2.63. The molecule has 0 radical (unpaired) electrons. The first-order chi connectivity index (χ1) is 21.0. The number of carbonyl (C=O) groups is 1. The maximum atomic E-state index is 14.9. The third-order valence-corrected chi connectivity index (χ3v) is 11.7. The fourth-order valence-electron chi connectivity index (χ4n) is 4.44. The number of anilines is 1. The zero-order valence-electron chi connectivity index (χ0n) is 22.3. The maximum absolute atomic E-state index is 14.9. The molecule has 248 valence electrons. The first-order valence-corrected chi connectivity index (χ1v) is 16.5. The normalized spacial score (nSPS) is 31.6. The average molecular weight is 703 g/mol. The Morgan fingerprint density at radius 1 is 1.00 bits per heavy atom. The van der Waals surface area contributed by atoms with Crippen LogP contribution in [0.25, 0.3) is 11.2 Å². The highest BCUT2D eigenvalue weighted by Crippen LogP contribution is 2.75. The van der Waals surface area contributed by atoms with Gasteiger partial charge >= 0.3 is 20.6 Å². The van der Waals surface area contributed by atoms with Crippen molar-refractivity contribution < 1.29 is 71.4 Å². The van der Waals surface area contributed by atoms with Crippen molar-refractivity contribution in [3.05, 3.63) is 28.7 Å². The molecule has 0 aliphatic carbocycles. The molecular weight excluding hydrogens is 678 g/mol. The van der Waals surface area contributed by atoms with Gasteiger partial charge in [-0.1, -0.05) is 0 Å². The van der Waals surface area contributed by atoms with Crippen LogP contribution in [0.15, 0.2) is 18.0 Å². The molecule has 5 heterocycles. The van der Waals surface area contributed by atoms with Gasteiger partial charge in [0, 0.05) is 5.38 Å². The summed E-state index contributed by atoms with van der Waals surface area (Å²) in [4.78, 5) is 46.7. The van der Waals surface area contributed by atoms with Crippen molar-refractivity contribution in [2.45, 2.75) is 54.4 Å². The van der Waals surface area contributed by atoms with E-state index in [9.17, 15) is 52.9 Å². The summed E-state index contributed by atoms with van der Waals surface area (Å²) >= 11 is 0.812. The molecule has 20 nitrogen and oxygen atoms in total. The molecule has 25 heteroatoms. The second-order valence-corrected chi connectivity index (χ2v) is 14.7. The minimum absolute atomic E-state index is 0.0194. The van der Waals surface area contributed by atoms with Crippen LogP contribution < -0.4 is 11.5 Å². The van der Waals surface area contributed by atoms with Gasteiger partial charge in [0.25, 0.3) is 5.91 Å². The minimum Gasteiger partial charge on any atom is -0.387 e. The number of ether oxygens (including phenoxy) is 2. The smallest absolute Gasteiger partial charge is 0.387 e. The van der Waals surface area contributed by atoms with E-state index >= 15 is 0 Å². The molecule has 4 unspecified atom stereocenters. The largest absolute Gasteiger partial charge is 0.443 e. The molecule has 2 fully saturated rings. The van der Waals surface area contributed by atoms with E-state index in [0.717, 1.165) is 28.6 Å². The van der Waals surface area contributed by atoms with E-state index in [-0.39, 0.29) is 27.7 Å². The third kappa shape index (κ3) is 6.00. The Morgan fingerprint density at radius 2 is 1.60 bits per heavy atom. The van der Waals surface area contributed by atoms with Gasteiger partial charge < -0.3 is 60.2 Å². The highest BCUT2D eigenvalue weighted by atomic mass is 32.1. The highest BCUT2D eigenvalue weighted by Gasteiger charge is 2.67. The van der Waals surface area contributed by atoms with Gasteiger partial charge in [-0.25, -0.2) is 19.9 Å². The number of carbonyl (C=O) groups excluding carboxylic acids is 1.